The number of hydrogen-bond donors (Lipinski definition) is 3. The van der Waals surface area contributed by atoms with E-state index in [2.05, 4.69) is 9.94 Å². The molecule has 0 bridgehead atoms. The smallest absolute Gasteiger partial charge is 0.314 e. The van der Waals surface area contributed by atoms with Crippen LogP contribution in [0, 0.1) is 0 Å². The van der Waals surface area contributed by atoms with Crippen LogP contribution in [0.5, 0.6) is 0 Å². The predicted molar refractivity (Wildman–Crippen MR) is 39.5 cm³/mol. The molecule has 1 unspecified atom stereocenters. The topological polar surface area (TPSA) is 87.8 Å². The summed E-state index contributed by atoms with van der Waals surface area (Å²) in [5.74, 6) is 0. The Labute approximate surface area is 64.9 Å². The van der Waals surface area contributed by atoms with Crippen LogP contribution < -0.4 is 10.8 Å². The first-order chi connectivity index (χ1) is 5.08. The van der Waals surface area contributed by atoms with E-state index in [-0.39, 0.29) is 0 Å². The fourth-order valence-electron chi connectivity index (χ4n) is 0.891. The van der Waals surface area contributed by atoms with Gasteiger partial charge in [0, 0.05) is 26.2 Å². The third-order valence-corrected chi connectivity index (χ3v) is 1.77. The third-order valence-electron chi connectivity index (χ3n) is 1.31. The molecule has 1 fully saturated rings. The Morgan fingerprint density at radius 3 is 2.55 bits per heavy atom. The average molecular weight is 181 g/mol. The molecule has 6 nitrogen and oxygen atoms in total. The second-order valence-electron chi connectivity index (χ2n) is 2.32. The van der Waals surface area contributed by atoms with Crippen LogP contribution in [0.25, 0.3) is 0 Å². The zero-order chi connectivity index (χ0) is 8.32. The highest BCUT2D eigenvalue weighted by Crippen LogP contribution is 2.32. The van der Waals surface area contributed by atoms with Gasteiger partial charge in [-0.2, -0.15) is 5.06 Å². The van der Waals surface area contributed by atoms with E-state index in [4.69, 9.17) is 10.4 Å². The SMILES string of the molecule is NP(=O)(O)ON1CCNCC1. The van der Waals surface area contributed by atoms with Crippen LogP contribution in [0.2, 0.25) is 0 Å². The number of nitrogens with two attached hydrogens (primary N) is 1. The Bertz CT molecular complexity index is 164. The second kappa shape index (κ2) is 3.62. The second-order valence-corrected chi connectivity index (χ2v) is 3.62. The van der Waals surface area contributed by atoms with Crippen LogP contribution in [0.4, 0.5) is 0 Å². The van der Waals surface area contributed by atoms with Gasteiger partial charge in [0.1, 0.15) is 0 Å². The number of hydrogen-bond acceptors (Lipinski definition) is 4. The predicted octanol–water partition coefficient (Wildman–Crippen LogP) is -1.12. The molecular weight excluding hydrogens is 169 g/mol. The first-order valence-electron chi connectivity index (χ1n) is 3.35. The molecule has 0 radical (unpaired) electrons. The molecule has 11 heavy (non-hydrogen) atoms. The average Bonchev–Trinajstić information content (AvgIpc) is 1.85. The van der Waals surface area contributed by atoms with Gasteiger partial charge in [-0.15, -0.1) is 0 Å². The number of nitrogens with one attached hydrogen (secondary N) is 1. The molecule has 1 heterocycles. The maximum atomic E-state index is 10.5. The van der Waals surface area contributed by atoms with Gasteiger partial charge >= 0.3 is 7.75 Å². The minimum atomic E-state index is -3.84. The van der Waals surface area contributed by atoms with Crippen molar-refractivity contribution >= 4 is 7.75 Å². The lowest BCUT2D eigenvalue weighted by Crippen LogP contribution is -2.43. The molecule has 0 aromatic heterocycles. The van der Waals surface area contributed by atoms with E-state index in [0.29, 0.717) is 13.1 Å². The highest BCUT2D eigenvalue weighted by Gasteiger charge is 2.19. The fraction of sp³-hybridized carbons (Fsp3) is 1.00. The van der Waals surface area contributed by atoms with E-state index in [1.165, 1.54) is 5.06 Å². The summed E-state index contributed by atoms with van der Waals surface area (Å²) in [6.07, 6.45) is 0. The molecule has 0 aromatic rings. The van der Waals surface area contributed by atoms with Crippen molar-refractivity contribution in [1.29, 1.82) is 0 Å². The third kappa shape index (κ3) is 3.81. The molecule has 1 atom stereocenters. The van der Waals surface area contributed by atoms with E-state index in [1.54, 1.807) is 0 Å². The number of nitrogens with zero attached hydrogens (tertiary/aromatic N) is 1. The molecule has 0 aromatic carbocycles. The molecule has 0 saturated carbocycles. The number of hydroxylamine groups is 2. The Hall–Kier alpha value is 0.0300. The van der Waals surface area contributed by atoms with Crippen LogP contribution in [0.3, 0.4) is 0 Å². The summed E-state index contributed by atoms with van der Waals surface area (Å²) in [7, 11) is -3.84. The van der Waals surface area contributed by atoms with Crippen molar-refractivity contribution in [2.45, 2.75) is 0 Å². The van der Waals surface area contributed by atoms with Crippen molar-refractivity contribution in [3.05, 3.63) is 0 Å². The van der Waals surface area contributed by atoms with Crippen molar-refractivity contribution < 1.29 is 14.1 Å². The fourth-order valence-corrected chi connectivity index (χ4v) is 1.39. The first kappa shape index (κ1) is 9.12. The minimum Gasteiger partial charge on any atom is -0.314 e. The zero-order valence-corrected chi connectivity index (χ0v) is 6.96. The zero-order valence-electron chi connectivity index (χ0n) is 6.06. The molecule has 0 amide bonds. The molecular formula is C4H12N3O3P. The van der Waals surface area contributed by atoms with Gasteiger partial charge < -0.3 is 10.2 Å². The van der Waals surface area contributed by atoms with Crippen molar-refractivity contribution in [1.82, 2.24) is 10.4 Å². The highest BCUT2D eigenvalue weighted by molar-refractivity contribution is 7.50. The lowest BCUT2D eigenvalue weighted by atomic mass is 10.4. The van der Waals surface area contributed by atoms with Gasteiger partial charge in [-0.25, -0.2) is 14.7 Å². The summed E-state index contributed by atoms with van der Waals surface area (Å²) < 4.78 is 15.1. The Morgan fingerprint density at radius 1 is 1.55 bits per heavy atom. The van der Waals surface area contributed by atoms with E-state index in [9.17, 15) is 4.57 Å². The van der Waals surface area contributed by atoms with Gasteiger partial charge in [0.15, 0.2) is 0 Å². The molecule has 66 valence electrons. The van der Waals surface area contributed by atoms with Gasteiger partial charge in [-0.1, -0.05) is 0 Å². The number of rotatable bonds is 2. The quantitative estimate of drug-likeness (QED) is 0.468. The van der Waals surface area contributed by atoms with Crippen LogP contribution in [-0.4, -0.2) is 36.1 Å². The summed E-state index contributed by atoms with van der Waals surface area (Å²) in [6.45, 7) is 2.67. The molecule has 1 aliphatic heterocycles. The Kier molecular flexibility index (Phi) is 3.00. The van der Waals surface area contributed by atoms with E-state index < -0.39 is 7.75 Å². The van der Waals surface area contributed by atoms with Crippen LogP contribution >= 0.6 is 7.75 Å². The maximum absolute atomic E-state index is 10.5. The Morgan fingerprint density at radius 2 is 2.09 bits per heavy atom. The lowest BCUT2D eigenvalue weighted by molar-refractivity contribution is -0.0745. The standard InChI is InChI=1S/C4H12N3O3P/c5-11(8,9)10-7-3-1-6-2-4-7/h6H,1-4H2,(H3,5,8,9). The summed E-state index contributed by atoms with van der Waals surface area (Å²) in [4.78, 5) is 8.62. The van der Waals surface area contributed by atoms with Gasteiger partial charge in [0.05, 0.1) is 0 Å². The molecule has 7 heteroatoms. The number of piperazine rings is 1. The minimum absolute atomic E-state index is 0.585. The molecule has 0 spiro atoms. The Balaban J connectivity index is 2.30. The summed E-state index contributed by atoms with van der Waals surface area (Å²) in [6, 6.07) is 0. The lowest BCUT2D eigenvalue weighted by Gasteiger charge is -2.26. The molecule has 4 N–H and O–H groups in total. The van der Waals surface area contributed by atoms with E-state index in [0.717, 1.165) is 13.1 Å². The monoisotopic (exact) mass is 181 g/mol. The summed E-state index contributed by atoms with van der Waals surface area (Å²) in [5.41, 5.74) is 4.79. The molecule has 1 saturated heterocycles. The first-order valence-corrected chi connectivity index (χ1v) is 4.99. The summed E-state index contributed by atoms with van der Waals surface area (Å²) in [5, 5.41) is 4.47. The van der Waals surface area contributed by atoms with Crippen molar-refractivity contribution in [2.24, 2.45) is 5.50 Å². The highest BCUT2D eigenvalue weighted by atomic mass is 31.2. The van der Waals surface area contributed by atoms with Crippen LogP contribution in [-0.2, 0) is 9.19 Å². The van der Waals surface area contributed by atoms with Gasteiger partial charge in [-0.3, -0.25) is 0 Å². The van der Waals surface area contributed by atoms with Gasteiger partial charge in [-0.05, 0) is 0 Å². The summed E-state index contributed by atoms with van der Waals surface area (Å²) >= 11 is 0. The molecule has 1 rings (SSSR count). The van der Waals surface area contributed by atoms with Gasteiger partial charge in [0.25, 0.3) is 0 Å². The van der Waals surface area contributed by atoms with Crippen molar-refractivity contribution in [2.75, 3.05) is 26.2 Å². The normalized spacial score (nSPS) is 26.4. The van der Waals surface area contributed by atoms with Crippen molar-refractivity contribution in [3.63, 3.8) is 0 Å². The van der Waals surface area contributed by atoms with E-state index >= 15 is 0 Å². The molecule has 1 aliphatic rings. The van der Waals surface area contributed by atoms with Crippen molar-refractivity contribution in [3.8, 4) is 0 Å². The van der Waals surface area contributed by atoms with Crippen LogP contribution in [0.15, 0.2) is 0 Å². The van der Waals surface area contributed by atoms with Gasteiger partial charge in [0.2, 0.25) is 0 Å². The largest absolute Gasteiger partial charge is 0.416 e. The molecule has 0 aliphatic carbocycles. The van der Waals surface area contributed by atoms with E-state index in [1.807, 2.05) is 0 Å². The maximum Gasteiger partial charge on any atom is 0.416 e. The van der Waals surface area contributed by atoms with Crippen LogP contribution in [0.1, 0.15) is 0 Å².